The molecule has 0 aromatic heterocycles. The van der Waals surface area contributed by atoms with Crippen LogP contribution in [0.3, 0.4) is 0 Å². The largest absolute Gasteiger partial charge is 0.508 e. The van der Waals surface area contributed by atoms with Gasteiger partial charge in [0, 0.05) is 24.2 Å². The monoisotopic (exact) mass is 248 g/mol. The highest BCUT2D eigenvalue weighted by Crippen LogP contribution is 2.13. The number of piperidine rings is 1. The first-order valence-corrected chi connectivity index (χ1v) is 6.48. The molecular weight excluding hydrogens is 228 g/mol. The van der Waals surface area contributed by atoms with Crippen LogP contribution in [-0.4, -0.2) is 29.6 Å². The number of benzene rings is 1. The van der Waals surface area contributed by atoms with Crippen molar-refractivity contribution in [2.24, 2.45) is 0 Å². The van der Waals surface area contributed by atoms with Gasteiger partial charge < -0.3 is 15.7 Å². The standard InChI is InChI=1S/C14H20N2O2/c1-10-4-2-6-12(16-10)9-15-14(18)11-5-3-7-13(17)8-11/h3,5,7-8,10,12,16-17H,2,4,6,9H2,1H3,(H,15,18). The van der Waals surface area contributed by atoms with E-state index >= 15 is 0 Å². The third-order valence-electron chi connectivity index (χ3n) is 3.33. The first-order valence-electron chi connectivity index (χ1n) is 6.48. The molecule has 0 aliphatic carbocycles. The highest BCUT2D eigenvalue weighted by molar-refractivity contribution is 5.94. The molecule has 0 bridgehead atoms. The lowest BCUT2D eigenvalue weighted by Crippen LogP contribution is -2.47. The van der Waals surface area contributed by atoms with E-state index in [2.05, 4.69) is 17.6 Å². The van der Waals surface area contributed by atoms with Gasteiger partial charge in [0.1, 0.15) is 5.75 Å². The van der Waals surface area contributed by atoms with Crippen LogP contribution in [0, 0.1) is 0 Å². The average Bonchev–Trinajstić information content (AvgIpc) is 2.36. The zero-order valence-electron chi connectivity index (χ0n) is 10.6. The summed E-state index contributed by atoms with van der Waals surface area (Å²) < 4.78 is 0. The summed E-state index contributed by atoms with van der Waals surface area (Å²) in [7, 11) is 0. The Bertz CT molecular complexity index is 420. The maximum atomic E-state index is 11.9. The summed E-state index contributed by atoms with van der Waals surface area (Å²) in [6, 6.07) is 7.29. The lowest BCUT2D eigenvalue weighted by Gasteiger charge is -2.28. The Labute approximate surface area is 107 Å². The van der Waals surface area contributed by atoms with Gasteiger partial charge in [0.05, 0.1) is 0 Å². The molecular formula is C14H20N2O2. The number of nitrogens with one attached hydrogen (secondary N) is 2. The molecule has 1 aromatic carbocycles. The smallest absolute Gasteiger partial charge is 0.251 e. The molecule has 1 fully saturated rings. The van der Waals surface area contributed by atoms with E-state index in [0.717, 1.165) is 6.42 Å². The minimum Gasteiger partial charge on any atom is -0.508 e. The summed E-state index contributed by atoms with van der Waals surface area (Å²) in [5.41, 5.74) is 0.499. The second-order valence-electron chi connectivity index (χ2n) is 4.96. The third-order valence-corrected chi connectivity index (χ3v) is 3.33. The number of hydrogen-bond donors (Lipinski definition) is 3. The van der Waals surface area contributed by atoms with Crippen molar-refractivity contribution in [2.45, 2.75) is 38.3 Å². The van der Waals surface area contributed by atoms with Crippen LogP contribution < -0.4 is 10.6 Å². The second kappa shape index (κ2) is 5.87. The van der Waals surface area contributed by atoms with E-state index in [-0.39, 0.29) is 11.7 Å². The molecule has 2 atom stereocenters. The van der Waals surface area contributed by atoms with E-state index in [0.29, 0.717) is 24.2 Å². The molecule has 0 saturated carbocycles. The normalized spacial score (nSPS) is 23.6. The molecule has 1 heterocycles. The fourth-order valence-corrected chi connectivity index (χ4v) is 2.37. The van der Waals surface area contributed by atoms with Gasteiger partial charge in [0.25, 0.3) is 5.91 Å². The Hall–Kier alpha value is -1.55. The van der Waals surface area contributed by atoms with Crippen LogP contribution in [0.1, 0.15) is 36.5 Å². The van der Waals surface area contributed by atoms with E-state index in [1.165, 1.54) is 18.9 Å². The summed E-state index contributed by atoms with van der Waals surface area (Å²) in [5.74, 6) is -0.0157. The van der Waals surface area contributed by atoms with Gasteiger partial charge in [-0.25, -0.2) is 0 Å². The lowest BCUT2D eigenvalue weighted by atomic mass is 9.99. The fourth-order valence-electron chi connectivity index (χ4n) is 2.37. The molecule has 1 aromatic rings. The number of amides is 1. The van der Waals surface area contributed by atoms with Crippen molar-refractivity contribution in [3.05, 3.63) is 29.8 Å². The summed E-state index contributed by atoms with van der Waals surface area (Å²) >= 11 is 0. The first-order chi connectivity index (χ1) is 8.65. The zero-order chi connectivity index (χ0) is 13.0. The molecule has 1 amide bonds. The van der Waals surface area contributed by atoms with Crippen molar-refractivity contribution in [3.63, 3.8) is 0 Å². The molecule has 3 N–H and O–H groups in total. The summed E-state index contributed by atoms with van der Waals surface area (Å²) in [6.07, 6.45) is 3.52. The molecule has 0 spiro atoms. The highest BCUT2D eigenvalue weighted by Gasteiger charge is 2.18. The Kier molecular flexibility index (Phi) is 4.20. The van der Waals surface area contributed by atoms with Gasteiger partial charge in [-0.15, -0.1) is 0 Å². The van der Waals surface area contributed by atoms with Crippen molar-refractivity contribution in [1.29, 1.82) is 0 Å². The van der Waals surface area contributed by atoms with Crippen LogP contribution in [0.5, 0.6) is 5.75 Å². The summed E-state index contributed by atoms with van der Waals surface area (Å²) in [4.78, 5) is 11.9. The van der Waals surface area contributed by atoms with E-state index in [1.807, 2.05) is 0 Å². The number of rotatable bonds is 3. The molecule has 4 nitrogen and oxygen atoms in total. The van der Waals surface area contributed by atoms with Gasteiger partial charge in [-0.05, 0) is 38.0 Å². The summed E-state index contributed by atoms with van der Waals surface area (Å²) in [6.45, 7) is 2.81. The molecule has 2 rings (SSSR count). The third kappa shape index (κ3) is 3.47. The quantitative estimate of drug-likeness (QED) is 0.762. The summed E-state index contributed by atoms with van der Waals surface area (Å²) in [5, 5.41) is 15.7. The topological polar surface area (TPSA) is 61.4 Å². The Morgan fingerprint density at radius 3 is 3.06 bits per heavy atom. The number of phenolic OH excluding ortho intramolecular Hbond substituents is 1. The first kappa shape index (κ1) is 12.9. The van der Waals surface area contributed by atoms with Crippen LogP contribution in [0.2, 0.25) is 0 Å². The van der Waals surface area contributed by atoms with Gasteiger partial charge in [-0.3, -0.25) is 4.79 Å². The molecule has 1 aliphatic heterocycles. The predicted octanol–water partition coefficient (Wildman–Crippen LogP) is 1.65. The molecule has 98 valence electrons. The van der Waals surface area contributed by atoms with E-state index < -0.39 is 0 Å². The number of hydrogen-bond acceptors (Lipinski definition) is 3. The molecule has 18 heavy (non-hydrogen) atoms. The minimum atomic E-state index is -0.133. The Balaban J connectivity index is 1.84. The molecule has 0 radical (unpaired) electrons. The maximum absolute atomic E-state index is 11.9. The average molecular weight is 248 g/mol. The number of aromatic hydroxyl groups is 1. The molecule has 1 aliphatic rings. The molecule has 2 unspecified atom stereocenters. The van der Waals surface area contributed by atoms with Crippen molar-refractivity contribution in [1.82, 2.24) is 10.6 Å². The molecule has 4 heteroatoms. The van der Waals surface area contributed by atoms with Crippen molar-refractivity contribution < 1.29 is 9.90 Å². The van der Waals surface area contributed by atoms with E-state index in [4.69, 9.17) is 0 Å². The van der Waals surface area contributed by atoms with Gasteiger partial charge in [0.15, 0.2) is 0 Å². The van der Waals surface area contributed by atoms with Gasteiger partial charge >= 0.3 is 0 Å². The van der Waals surface area contributed by atoms with Crippen molar-refractivity contribution in [3.8, 4) is 5.75 Å². The fraction of sp³-hybridized carbons (Fsp3) is 0.500. The van der Waals surface area contributed by atoms with Gasteiger partial charge in [-0.2, -0.15) is 0 Å². The maximum Gasteiger partial charge on any atom is 0.251 e. The van der Waals surface area contributed by atoms with Gasteiger partial charge in [-0.1, -0.05) is 12.5 Å². The van der Waals surface area contributed by atoms with E-state index in [1.54, 1.807) is 18.2 Å². The van der Waals surface area contributed by atoms with Crippen LogP contribution in [-0.2, 0) is 0 Å². The molecule has 1 saturated heterocycles. The van der Waals surface area contributed by atoms with Crippen LogP contribution in [0.4, 0.5) is 0 Å². The minimum absolute atomic E-state index is 0.118. The van der Waals surface area contributed by atoms with Crippen molar-refractivity contribution in [2.75, 3.05) is 6.54 Å². The van der Waals surface area contributed by atoms with Crippen LogP contribution >= 0.6 is 0 Å². The number of carbonyl (C=O) groups excluding carboxylic acids is 1. The van der Waals surface area contributed by atoms with Crippen molar-refractivity contribution >= 4 is 5.91 Å². The predicted molar refractivity (Wildman–Crippen MR) is 70.7 cm³/mol. The van der Waals surface area contributed by atoms with E-state index in [9.17, 15) is 9.90 Å². The number of carbonyl (C=O) groups is 1. The van der Waals surface area contributed by atoms with Crippen LogP contribution in [0.15, 0.2) is 24.3 Å². The number of phenols is 1. The second-order valence-corrected chi connectivity index (χ2v) is 4.96. The van der Waals surface area contributed by atoms with Crippen LogP contribution in [0.25, 0.3) is 0 Å². The zero-order valence-corrected chi connectivity index (χ0v) is 10.6. The lowest BCUT2D eigenvalue weighted by molar-refractivity contribution is 0.0946. The Morgan fingerprint density at radius 1 is 1.50 bits per heavy atom. The highest BCUT2D eigenvalue weighted by atomic mass is 16.3. The Morgan fingerprint density at radius 2 is 2.33 bits per heavy atom. The SMILES string of the molecule is CC1CCCC(CNC(=O)c2cccc(O)c2)N1. The van der Waals surface area contributed by atoms with Gasteiger partial charge in [0.2, 0.25) is 0 Å².